The Morgan fingerprint density at radius 1 is 1.47 bits per heavy atom. The highest BCUT2D eigenvalue weighted by molar-refractivity contribution is 7.17. The van der Waals surface area contributed by atoms with Crippen molar-refractivity contribution in [3.8, 4) is 0 Å². The minimum Gasteiger partial charge on any atom is -0.379 e. The fourth-order valence-corrected chi connectivity index (χ4v) is 2.62. The maximum absolute atomic E-state index is 11.9. The summed E-state index contributed by atoms with van der Waals surface area (Å²) in [6.07, 6.45) is 3.17. The van der Waals surface area contributed by atoms with Gasteiger partial charge in [0.15, 0.2) is 0 Å². The number of hydrogen-bond donors (Lipinski definition) is 2. The number of ether oxygens (including phenoxy) is 1. The highest BCUT2D eigenvalue weighted by Crippen LogP contribution is 2.22. The average molecular weight is 256 g/mol. The van der Waals surface area contributed by atoms with Crippen molar-refractivity contribution in [2.24, 2.45) is 0 Å². The molecule has 2 atom stereocenters. The molecule has 1 aliphatic rings. The van der Waals surface area contributed by atoms with Gasteiger partial charge in [0, 0.05) is 14.2 Å². The van der Waals surface area contributed by atoms with E-state index >= 15 is 0 Å². The predicted octanol–water partition coefficient (Wildman–Crippen LogP) is 0.877. The van der Waals surface area contributed by atoms with Gasteiger partial charge in [-0.25, -0.2) is 0 Å². The highest BCUT2D eigenvalue weighted by Gasteiger charge is 2.29. The molecule has 2 N–H and O–H groups in total. The zero-order chi connectivity index (χ0) is 12.3. The molecular formula is C10H16N4O2S. The van der Waals surface area contributed by atoms with Crippen LogP contribution in [-0.2, 0) is 4.74 Å². The fraction of sp³-hybridized carbons (Fsp3) is 0.700. The number of rotatable bonds is 4. The molecule has 0 aliphatic heterocycles. The van der Waals surface area contributed by atoms with Crippen LogP contribution in [0.15, 0.2) is 0 Å². The van der Waals surface area contributed by atoms with Crippen LogP contribution < -0.4 is 10.6 Å². The van der Waals surface area contributed by atoms with Crippen LogP contribution in [0.4, 0.5) is 5.13 Å². The van der Waals surface area contributed by atoms with Crippen LogP contribution in [0, 0.1) is 0 Å². The Labute approximate surface area is 104 Å². The Morgan fingerprint density at radius 2 is 2.29 bits per heavy atom. The molecule has 0 radical (unpaired) electrons. The third-order valence-corrected chi connectivity index (χ3v) is 3.84. The largest absolute Gasteiger partial charge is 0.379 e. The van der Waals surface area contributed by atoms with Crippen LogP contribution in [0.25, 0.3) is 0 Å². The van der Waals surface area contributed by atoms with Gasteiger partial charge in [0.25, 0.3) is 5.91 Å². The number of nitrogens with zero attached hydrogens (tertiary/aromatic N) is 2. The molecule has 1 saturated carbocycles. The van der Waals surface area contributed by atoms with Gasteiger partial charge >= 0.3 is 0 Å². The SMILES string of the molecule is CNc1nnc(C(=O)NC2CCCC2OC)s1. The van der Waals surface area contributed by atoms with E-state index in [4.69, 9.17) is 4.74 Å². The second-order valence-corrected chi connectivity index (χ2v) is 4.92. The van der Waals surface area contributed by atoms with Gasteiger partial charge in [0.2, 0.25) is 10.1 Å². The summed E-state index contributed by atoms with van der Waals surface area (Å²) in [6, 6.07) is 0.0921. The van der Waals surface area contributed by atoms with E-state index in [-0.39, 0.29) is 18.1 Å². The number of aromatic nitrogens is 2. The molecule has 1 heterocycles. The summed E-state index contributed by atoms with van der Waals surface area (Å²) in [5.74, 6) is -0.169. The van der Waals surface area contributed by atoms with E-state index in [9.17, 15) is 4.79 Å². The minimum absolute atomic E-state index is 0.0921. The second kappa shape index (κ2) is 5.42. The van der Waals surface area contributed by atoms with Crippen molar-refractivity contribution in [2.45, 2.75) is 31.4 Å². The zero-order valence-corrected chi connectivity index (χ0v) is 10.7. The second-order valence-electron chi connectivity index (χ2n) is 3.95. The van der Waals surface area contributed by atoms with Gasteiger partial charge in [-0.1, -0.05) is 11.3 Å². The van der Waals surface area contributed by atoms with E-state index in [0.29, 0.717) is 10.1 Å². The lowest BCUT2D eigenvalue weighted by Gasteiger charge is -2.18. The Bertz CT molecular complexity index is 395. The molecule has 2 unspecified atom stereocenters. The van der Waals surface area contributed by atoms with E-state index in [1.54, 1.807) is 14.2 Å². The Balaban J connectivity index is 1.96. The number of carbonyl (C=O) groups is 1. The summed E-state index contributed by atoms with van der Waals surface area (Å²) >= 11 is 1.25. The van der Waals surface area contributed by atoms with Gasteiger partial charge in [0.1, 0.15) is 0 Å². The molecule has 1 aromatic rings. The van der Waals surface area contributed by atoms with Crippen LogP contribution in [-0.4, -0.2) is 42.4 Å². The molecule has 0 saturated heterocycles. The van der Waals surface area contributed by atoms with Crippen LogP contribution in [0.3, 0.4) is 0 Å². The maximum Gasteiger partial charge on any atom is 0.282 e. The maximum atomic E-state index is 11.9. The lowest BCUT2D eigenvalue weighted by molar-refractivity contribution is 0.0721. The molecule has 0 spiro atoms. The van der Waals surface area contributed by atoms with E-state index < -0.39 is 0 Å². The van der Waals surface area contributed by atoms with Crippen molar-refractivity contribution >= 4 is 22.4 Å². The monoisotopic (exact) mass is 256 g/mol. The number of nitrogens with one attached hydrogen (secondary N) is 2. The Morgan fingerprint density at radius 3 is 2.94 bits per heavy atom. The van der Waals surface area contributed by atoms with E-state index in [2.05, 4.69) is 20.8 Å². The molecule has 7 heteroatoms. The summed E-state index contributed by atoms with van der Waals surface area (Å²) < 4.78 is 5.33. The van der Waals surface area contributed by atoms with Crippen molar-refractivity contribution in [1.29, 1.82) is 0 Å². The Hall–Kier alpha value is -1.21. The summed E-state index contributed by atoms with van der Waals surface area (Å²) in [4.78, 5) is 11.9. The first-order valence-electron chi connectivity index (χ1n) is 5.59. The van der Waals surface area contributed by atoms with Crippen molar-refractivity contribution < 1.29 is 9.53 Å². The van der Waals surface area contributed by atoms with Crippen LogP contribution in [0.2, 0.25) is 0 Å². The molecule has 1 aromatic heterocycles. The number of amides is 1. The zero-order valence-electron chi connectivity index (χ0n) is 9.90. The lowest BCUT2D eigenvalue weighted by atomic mass is 10.2. The van der Waals surface area contributed by atoms with Crippen molar-refractivity contribution in [3.05, 3.63) is 5.01 Å². The van der Waals surface area contributed by atoms with Crippen molar-refractivity contribution in [2.75, 3.05) is 19.5 Å². The molecule has 1 amide bonds. The van der Waals surface area contributed by atoms with Gasteiger partial charge in [-0.15, -0.1) is 10.2 Å². The molecule has 1 aliphatic carbocycles. The summed E-state index contributed by atoms with van der Waals surface area (Å²) in [5, 5.41) is 14.5. The number of hydrogen-bond acceptors (Lipinski definition) is 6. The van der Waals surface area contributed by atoms with Crippen molar-refractivity contribution in [3.63, 3.8) is 0 Å². The molecule has 0 bridgehead atoms. The van der Waals surface area contributed by atoms with Crippen LogP contribution >= 0.6 is 11.3 Å². The minimum atomic E-state index is -0.169. The van der Waals surface area contributed by atoms with Crippen molar-refractivity contribution in [1.82, 2.24) is 15.5 Å². The quantitative estimate of drug-likeness (QED) is 0.836. The normalized spacial score (nSPS) is 23.6. The lowest BCUT2D eigenvalue weighted by Crippen LogP contribution is -2.40. The summed E-state index contributed by atoms with van der Waals surface area (Å²) in [7, 11) is 3.43. The summed E-state index contributed by atoms with van der Waals surface area (Å²) in [6.45, 7) is 0. The number of carbonyl (C=O) groups excluding carboxylic acids is 1. The van der Waals surface area contributed by atoms with Gasteiger partial charge in [-0.05, 0) is 19.3 Å². The number of methoxy groups -OCH3 is 1. The smallest absolute Gasteiger partial charge is 0.282 e. The molecule has 0 aromatic carbocycles. The molecule has 2 rings (SSSR count). The molecule has 6 nitrogen and oxygen atoms in total. The molecular weight excluding hydrogens is 240 g/mol. The Kier molecular flexibility index (Phi) is 3.90. The first-order chi connectivity index (χ1) is 8.24. The molecule has 17 heavy (non-hydrogen) atoms. The average Bonchev–Trinajstić information content (AvgIpc) is 2.96. The first-order valence-corrected chi connectivity index (χ1v) is 6.41. The van der Waals surface area contributed by atoms with E-state index in [0.717, 1.165) is 19.3 Å². The molecule has 94 valence electrons. The first kappa shape index (κ1) is 12.3. The standard InChI is InChI=1S/C10H16N4O2S/c1-11-10-14-13-9(17-10)8(15)12-6-4-3-5-7(6)16-2/h6-7H,3-5H2,1-2H3,(H,11,14)(H,12,15). The van der Waals surface area contributed by atoms with E-state index in [1.807, 2.05) is 0 Å². The van der Waals surface area contributed by atoms with Crippen LogP contribution in [0.5, 0.6) is 0 Å². The van der Waals surface area contributed by atoms with Crippen LogP contribution in [0.1, 0.15) is 29.1 Å². The number of anilines is 1. The van der Waals surface area contributed by atoms with E-state index in [1.165, 1.54) is 11.3 Å². The fourth-order valence-electron chi connectivity index (χ4n) is 2.02. The van der Waals surface area contributed by atoms with Gasteiger partial charge in [-0.2, -0.15) is 0 Å². The third-order valence-electron chi connectivity index (χ3n) is 2.90. The highest BCUT2D eigenvalue weighted by atomic mass is 32.1. The predicted molar refractivity (Wildman–Crippen MR) is 65.4 cm³/mol. The van der Waals surface area contributed by atoms with Gasteiger partial charge < -0.3 is 15.4 Å². The van der Waals surface area contributed by atoms with Gasteiger partial charge in [-0.3, -0.25) is 4.79 Å². The van der Waals surface area contributed by atoms with Gasteiger partial charge in [0.05, 0.1) is 12.1 Å². The summed E-state index contributed by atoms with van der Waals surface area (Å²) in [5.41, 5.74) is 0. The third kappa shape index (κ3) is 2.73. The topological polar surface area (TPSA) is 76.1 Å². The molecule has 1 fully saturated rings.